The highest BCUT2D eigenvalue weighted by Crippen LogP contribution is 2.43. The standard InChI is InChI=1S/C64H46N4/c1-3-45-23-31-51(32-24-45)65(55-39-41-63-59(43-55)57-19-11-13-21-61(57)67(63)49-15-7-5-8-16-49)53-35-27-47(28-36-53)48-29-37-54(38-30-48)66(52-33-25-46(4-2)26-34-52)56-40-42-64-60(44-56)58-20-12-14-22-62(58)68(64)50-17-9-6-10-18-50/h3-44H,1-2H2/i1D2,2D2,3D,4D. The molecule has 68 heavy (non-hydrogen) atoms. The van der Waals surface area contributed by atoms with Gasteiger partial charge < -0.3 is 18.9 Å². The maximum absolute atomic E-state index is 8.33. The predicted octanol–water partition coefficient (Wildman–Crippen LogP) is 17.8. The van der Waals surface area contributed by atoms with Crippen molar-refractivity contribution in [1.29, 1.82) is 0 Å². The Balaban J connectivity index is 0.929. The van der Waals surface area contributed by atoms with Gasteiger partial charge in [-0.1, -0.05) is 146 Å². The van der Waals surface area contributed by atoms with Crippen LogP contribution in [0.3, 0.4) is 0 Å². The number of benzene rings is 10. The van der Waals surface area contributed by atoms with E-state index in [4.69, 9.17) is 8.22 Å². The first kappa shape index (κ1) is 34.3. The minimum atomic E-state index is -0.531. The third-order valence-corrected chi connectivity index (χ3v) is 13.0. The molecule has 4 nitrogen and oxygen atoms in total. The number of hydrogen-bond acceptors (Lipinski definition) is 2. The summed E-state index contributed by atoms with van der Waals surface area (Å²) in [6.07, 6.45) is 0. The summed E-state index contributed by atoms with van der Waals surface area (Å²) in [6, 6.07) is 82.6. The van der Waals surface area contributed by atoms with Crippen molar-refractivity contribution in [2.24, 2.45) is 0 Å². The summed E-state index contributed by atoms with van der Waals surface area (Å²) in [5.41, 5.74) is 15.2. The summed E-state index contributed by atoms with van der Waals surface area (Å²) >= 11 is 0. The Morgan fingerprint density at radius 2 is 0.647 bits per heavy atom. The Morgan fingerprint density at radius 1 is 0.324 bits per heavy atom. The van der Waals surface area contributed by atoms with Crippen LogP contribution in [0.4, 0.5) is 34.1 Å². The van der Waals surface area contributed by atoms with Crippen molar-refractivity contribution in [2.75, 3.05) is 9.80 Å². The molecule has 2 aromatic heterocycles. The summed E-state index contributed by atoms with van der Waals surface area (Å²) < 4.78 is 52.3. The first-order valence-corrected chi connectivity index (χ1v) is 22.7. The lowest BCUT2D eigenvalue weighted by atomic mass is 10.0. The van der Waals surface area contributed by atoms with Crippen molar-refractivity contribution in [1.82, 2.24) is 9.13 Å². The Hall–Kier alpha value is -9.12. The third-order valence-electron chi connectivity index (χ3n) is 13.0. The van der Waals surface area contributed by atoms with Crippen molar-refractivity contribution in [2.45, 2.75) is 0 Å². The molecule has 0 aliphatic heterocycles. The zero-order valence-electron chi connectivity index (χ0n) is 42.9. The highest BCUT2D eigenvalue weighted by Gasteiger charge is 2.20. The normalized spacial score (nSPS) is 12.5. The van der Waals surface area contributed by atoms with Gasteiger partial charge in [-0.2, -0.15) is 0 Å². The number of aromatic nitrogens is 2. The van der Waals surface area contributed by atoms with Gasteiger partial charge in [-0.25, -0.2) is 0 Å². The van der Waals surface area contributed by atoms with Gasteiger partial charge in [-0.3, -0.25) is 0 Å². The van der Waals surface area contributed by atoms with E-state index in [-0.39, 0.29) is 12.1 Å². The highest BCUT2D eigenvalue weighted by molar-refractivity contribution is 6.12. The summed E-state index contributed by atoms with van der Waals surface area (Å²) in [4.78, 5) is 4.40. The minimum absolute atomic E-state index is 0.133. The Bertz CT molecular complexity index is 3830. The fourth-order valence-electron chi connectivity index (χ4n) is 9.80. The van der Waals surface area contributed by atoms with E-state index in [1.807, 2.05) is 36.4 Å². The molecule has 0 fully saturated rings. The fourth-order valence-corrected chi connectivity index (χ4v) is 9.80. The average molecular weight is 877 g/mol. The second-order valence-corrected chi connectivity index (χ2v) is 16.9. The van der Waals surface area contributed by atoms with E-state index in [0.29, 0.717) is 11.1 Å². The summed E-state index contributed by atoms with van der Waals surface area (Å²) in [5.74, 6) is 0. The van der Waals surface area contributed by atoms with Gasteiger partial charge in [0.25, 0.3) is 0 Å². The molecular formula is C64H46N4. The molecule has 0 spiro atoms. The molecule has 0 aliphatic carbocycles. The largest absolute Gasteiger partial charge is 0.310 e. The van der Waals surface area contributed by atoms with Gasteiger partial charge in [-0.05, 0) is 144 Å². The van der Waals surface area contributed by atoms with Crippen molar-refractivity contribution >= 4 is 89.8 Å². The van der Waals surface area contributed by atoms with E-state index in [0.717, 1.165) is 100 Å². The van der Waals surface area contributed by atoms with Crippen LogP contribution in [0.15, 0.2) is 256 Å². The molecule has 4 heteroatoms. The molecule has 0 bridgehead atoms. The van der Waals surface area contributed by atoms with Crippen LogP contribution in [-0.4, -0.2) is 9.13 Å². The van der Waals surface area contributed by atoms with Gasteiger partial charge in [-0.15, -0.1) is 0 Å². The van der Waals surface area contributed by atoms with Gasteiger partial charge in [0.2, 0.25) is 0 Å². The molecule has 0 saturated carbocycles. The highest BCUT2D eigenvalue weighted by atomic mass is 15.1. The second-order valence-electron chi connectivity index (χ2n) is 16.9. The maximum atomic E-state index is 8.33. The van der Waals surface area contributed by atoms with E-state index in [2.05, 4.69) is 201 Å². The fraction of sp³-hybridized carbons (Fsp3) is 0. The van der Waals surface area contributed by atoms with Crippen molar-refractivity contribution in [3.05, 3.63) is 267 Å². The number of hydrogen-bond donors (Lipinski definition) is 0. The molecule has 0 radical (unpaired) electrons. The van der Waals surface area contributed by atoms with Crippen LogP contribution < -0.4 is 9.80 Å². The van der Waals surface area contributed by atoms with Gasteiger partial charge in [0, 0.05) is 67.0 Å². The molecule has 0 N–H and O–H groups in total. The molecule has 322 valence electrons. The lowest BCUT2D eigenvalue weighted by Gasteiger charge is -2.26. The van der Waals surface area contributed by atoms with Crippen LogP contribution in [0.25, 0.3) is 78.2 Å². The van der Waals surface area contributed by atoms with E-state index in [9.17, 15) is 0 Å². The van der Waals surface area contributed by atoms with Gasteiger partial charge in [0.15, 0.2) is 0 Å². The number of rotatable bonds is 11. The van der Waals surface area contributed by atoms with Crippen LogP contribution in [0.1, 0.15) is 19.4 Å². The van der Waals surface area contributed by atoms with Gasteiger partial charge in [0.05, 0.1) is 30.3 Å². The summed E-state index contributed by atoms with van der Waals surface area (Å²) in [7, 11) is 0. The zero-order chi connectivity index (χ0) is 50.5. The number of nitrogens with zero attached hydrogens (tertiary/aromatic N) is 4. The van der Waals surface area contributed by atoms with E-state index >= 15 is 0 Å². The predicted molar refractivity (Wildman–Crippen MR) is 290 cm³/mol. The molecule has 12 aromatic rings. The molecule has 10 aromatic carbocycles. The maximum Gasteiger partial charge on any atom is 0.0623 e. The lowest BCUT2D eigenvalue weighted by Crippen LogP contribution is -2.10. The van der Waals surface area contributed by atoms with Gasteiger partial charge >= 0.3 is 0 Å². The Kier molecular flexibility index (Phi) is 8.58. The molecule has 0 aliphatic rings. The Morgan fingerprint density at radius 3 is 1.03 bits per heavy atom. The Labute approximate surface area is 404 Å². The molecule has 0 amide bonds. The molecular weight excluding hydrogens is 825 g/mol. The molecule has 0 atom stereocenters. The molecule has 0 unspecified atom stereocenters. The molecule has 12 rings (SSSR count). The summed E-state index contributed by atoms with van der Waals surface area (Å²) in [5, 5.41) is 4.51. The smallest absolute Gasteiger partial charge is 0.0623 e. The SMILES string of the molecule is [2H]C([2H])=C([2H])c1ccc(N(c2ccc(-c3ccc(N(c4ccc(C([2H])=C([2H])[2H])cc4)c4ccc5c(c4)c4ccccc4n5-c4ccccc4)cc3)cc2)c2ccc3c(c2)c2ccccc2n3-c2ccccc2)cc1. The van der Waals surface area contributed by atoms with Crippen molar-refractivity contribution < 1.29 is 8.22 Å². The van der Waals surface area contributed by atoms with E-state index in [1.165, 1.54) is 0 Å². The number of para-hydroxylation sites is 4. The second kappa shape index (κ2) is 17.0. The average Bonchev–Trinajstić information content (AvgIpc) is 3.96. The number of anilines is 6. The lowest BCUT2D eigenvalue weighted by molar-refractivity contribution is 1.18. The third kappa shape index (κ3) is 7.04. The zero-order valence-corrected chi connectivity index (χ0v) is 36.9. The summed E-state index contributed by atoms with van der Waals surface area (Å²) in [6.45, 7) is -1.06. The topological polar surface area (TPSA) is 16.3 Å². The minimum Gasteiger partial charge on any atom is -0.310 e. The van der Waals surface area contributed by atoms with Crippen molar-refractivity contribution in [3.8, 4) is 22.5 Å². The quantitative estimate of drug-likeness (QED) is 0.129. The molecule has 2 heterocycles. The van der Waals surface area contributed by atoms with Crippen LogP contribution in [0, 0.1) is 0 Å². The van der Waals surface area contributed by atoms with Crippen LogP contribution in [-0.2, 0) is 0 Å². The van der Waals surface area contributed by atoms with Gasteiger partial charge in [0.1, 0.15) is 0 Å². The molecule has 0 saturated heterocycles. The van der Waals surface area contributed by atoms with Crippen LogP contribution >= 0.6 is 0 Å². The van der Waals surface area contributed by atoms with E-state index < -0.39 is 13.1 Å². The van der Waals surface area contributed by atoms with E-state index in [1.54, 1.807) is 24.3 Å². The number of fused-ring (bicyclic) bond motifs is 6. The van der Waals surface area contributed by atoms with Crippen LogP contribution in [0.5, 0.6) is 0 Å². The first-order chi connectivity index (χ1) is 36.2. The van der Waals surface area contributed by atoms with Crippen LogP contribution in [0.2, 0.25) is 0 Å². The van der Waals surface area contributed by atoms with Crippen molar-refractivity contribution in [3.63, 3.8) is 0 Å². The monoisotopic (exact) mass is 876 g/mol. The first-order valence-electron chi connectivity index (χ1n) is 25.7.